The van der Waals surface area contributed by atoms with E-state index in [0.717, 1.165) is 11.3 Å². The number of rotatable bonds is 3. The topological polar surface area (TPSA) is 35.2 Å². The predicted octanol–water partition coefficient (Wildman–Crippen LogP) is 3.35. The Morgan fingerprint density at radius 3 is 2.68 bits per heavy atom. The molecule has 19 heavy (non-hydrogen) atoms. The van der Waals surface area contributed by atoms with Gasteiger partial charge in [0.05, 0.1) is 0 Å². The number of nitrogens with two attached hydrogens (primary N) is 1. The second kappa shape index (κ2) is 7.86. The summed E-state index contributed by atoms with van der Waals surface area (Å²) in [6.07, 6.45) is 7.94. The Kier molecular flexibility index (Phi) is 5.78. The third kappa shape index (κ3) is 4.96. The molecule has 0 heterocycles. The lowest BCUT2D eigenvalue weighted by atomic mass is 10.0. The van der Waals surface area contributed by atoms with Crippen LogP contribution in [0.3, 0.4) is 0 Å². The van der Waals surface area contributed by atoms with Gasteiger partial charge in [-0.1, -0.05) is 43.6 Å². The molecule has 0 saturated heterocycles. The van der Waals surface area contributed by atoms with E-state index in [1.54, 1.807) is 0 Å². The van der Waals surface area contributed by atoms with Crippen LogP contribution in [-0.4, -0.2) is 13.2 Å². The van der Waals surface area contributed by atoms with Crippen molar-refractivity contribution in [2.24, 2.45) is 11.7 Å². The average Bonchev–Trinajstić information content (AvgIpc) is 2.72. The minimum Gasteiger partial charge on any atom is -0.492 e. The molecular weight excluding hydrogens is 234 g/mol. The highest BCUT2D eigenvalue weighted by atomic mass is 16.5. The van der Waals surface area contributed by atoms with Crippen LogP contribution in [0.15, 0.2) is 24.3 Å². The minimum absolute atomic E-state index is 0.540. The van der Waals surface area contributed by atoms with Gasteiger partial charge in [0.15, 0.2) is 0 Å². The molecule has 2 rings (SSSR count). The minimum atomic E-state index is 0.540. The van der Waals surface area contributed by atoms with E-state index in [0.29, 0.717) is 19.1 Å². The molecule has 0 unspecified atom stereocenters. The highest BCUT2D eigenvalue weighted by Crippen LogP contribution is 2.22. The van der Waals surface area contributed by atoms with Crippen molar-refractivity contribution in [3.8, 4) is 17.6 Å². The van der Waals surface area contributed by atoms with Gasteiger partial charge in [0, 0.05) is 18.0 Å². The van der Waals surface area contributed by atoms with Crippen molar-refractivity contribution in [1.29, 1.82) is 0 Å². The maximum absolute atomic E-state index is 5.51. The Labute approximate surface area is 116 Å². The van der Waals surface area contributed by atoms with E-state index in [-0.39, 0.29) is 0 Å². The van der Waals surface area contributed by atoms with E-state index in [9.17, 15) is 0 Å². The standard InChI is InChI=1S/C17H23NO/c18-12-13-19-17-9-5-8-16(14-17)11-10-15-6-3-1-2-4-7-15/h5,8-9,14-15H,1-4,6-7,12-13,18H2. The Balaban J connectivity index is 1.97. The molecule has 102 valence electrons. The first-order valence-corrected chi connectivity index (χ1v) is 7.33. The summed E-state index contributed by atoms with van der Waals surface area (Å²) in [7, 11) is 0. The Morgan fingerprint density at radius 2 is 1.95 bits per heavy atom. The Morgan fingerprint density at radius 1 is 1.16 bits per heavy atom. The quantitative estimate of drug-likeness (QED) is 0.666. The summed E-state index contributed by atoms with van der Waals surface area (Å²) in [6, 6.07) is 7.98. The molecule has 1 aromatic rings. The van der Waals surface area contributed by atoms with Gasteiger partial charge in [-0.3, -0.25) is 0 Å². The van der Waals surface area contributed by atoms with Crippen molar-refractivity contribution in [3.05, 3.63) is 29.8 Å². The molecule has 0 aromatic heterocycles. The summed E-state index contributed by atoms with van der Waals surface area (Å²) in [6.45, 7) is 1.09. The zero-order valence-corrected chi connectivity index (χ0v) is 11.5. The molecule has 1 aliphatic carbocycles. The molecule has 0 bridgehead atoms. The SMILES string of the molecule is NCCOc1cccc(C#CC2CCCCCC2)c1. The van der Waals surface area contributed by atoms with Crippen LogP contribution < -0.4 is 10.5 Å². The van der Waals surface area contributed by atoms with E-state index in [1.807, 2.05) is 24.3 Å². The zero-order valence-electron chi connectivity index (χ0n) is 11.5. The van der Waals surface area contributed by atoms with Gasteiger partial charge in [-0.05, 0) is 31.0 Å². The largest absolute Gasteiger partial charge is 0.492 e. The van der Waals surface area contributed by atoms with Crippen molar-refractivity contribution in [3.63, 3.8) is 0 Å². The van der Waals surface area contributed by atoms with Crippen LogP contribution in [-0.2, 0) is 0 Å². The van der Waals surface area contributed by atoms with Crippen LogP contribution in [0, 0.1) is 17.8 Å². The average molecular weight is 257 g/mol. The first-order valence-electron chi connectivity index (χ1n) is 7.33. The molecule has 1 aromatic carbocycles. The van der Waals surface area contributed by atoms with Gasteiger partial charge in [-0.25, -0.2) is 0 Å². The first kappa shape index (κ1) is 14.0. The molecule has 1 fully saturated rings. The van der Waals surface area contributed by atoms with Crippen molar-refractivity contribution < 1.29 is 4.74 Å². The van der Waals surface area contributed by atoms with Crippen molar-refractivity contribution in [1.82, 2.24) is 0 Å². The molecule has 1 saturated carbocycles. The fourth-order valence-corrected chi connectivity index (χ4v) is 2.45. The molecule has 2 nitrogen and oxygen atoms in total. The normalized spacial score (nSPS) is 16.3. The molecule has 1 aliphatic rings. The lowest BCUT2D eigenvalue weighted by Gasteiger charge is -2.05. The van der Waals surface area contributed by atoms with E-state index >= 15 is 0 Å². The second-order valence-corrected chi connectivity index (χ2v) is 5.12. The number of ether oxygens (including phenoxy) is 1. The molecule has 2 heteroatoms. The number of hydrogen-bond acceptors (Lipinski definition) is 2. The van der Waals surface area contributed by atoms with Crippen molar-refractivity contribution in [2.75, 3.05) is 13.2 Å². The smallest absolute Gasteiger partial charge is 0.120 e. The Bertz CT molecular complexity index is 436. The lowest BCUT2D eigenvalue weighted by molar-refractivity contribution is 0.328. The van der Waals surface area contributed by atoms with E-state index < -0.39 is 0 Å². The van der Waals surface area contributed by atoms with Gasteiger partial charge in [0.2, 0.25) is 0 Å². The van der Waals surface area contributed by atoms with Crippen LogP contribution in [0.2, 0.25) is 0 Å². The fourth-order valence-electron chi connectivity index (χ4n) is 2.45. The molecule has 0 aliphatic heterocycles. The van der Waals surface area contributed by atoms with Crippen LogP contribution in [0.4, 0.5) is 0 Å². The number of hydrogen-bond donors (Lipinski definition) is 1. The molecule has 2 N–H and O–H groups in total. The predicted molar refractivity (Wildman–Crippen MR) is 79.1 cm³/mol. The first-order chi connectivity index (χ1) is 9.38. The van der Waals surface area contributed by atoms with Gasteiger partial charge in [-0.15, -0.1) is 0 Å². The molecule has 0 atom stereocenters. The van der Waals surface area contributed by atoms with Crippen LogP contribution in [0.1, 0.15) is 44.1 Å². The highest BCUT2D eigenvalue weighted by Gasteiger charge is 2.08. The molecule has 0 amide bonds. The Hall–Kier alpha value is -1.46. The van der Waals surface area contributed by atoms with Crippen LogP contribution in [0.25, 0.3) is 0 Å². The van der Waals surface area contributed by atoms with E-state index in [2.05, 4.69) is 11.8 Å². The number of benzene rings is 1. The highest BCUT2D eigenvalue weighted by molar-refractivity contribution is 5.40. The van der Waals surface area contributed by atoms with Crippen LogP contribution >= 0.6 is 0 Å². The lowest BCUT2D eigenvalue weighted by Crippen LogP contribution is -2.10. The summed E-state index contributed by atoms with van der Waals surface area (Å²) >= 11 is 0. The third-order valence-corrected chi connectivity index (χ3v) is 3.50. The van der Waals surface area contributed by atoms with Gasteiger partial charge in [0.25, 0.3) is 0 Å². The van der Waals surface area contributed by atoms with Gasteiger partial charge >= 0.3 is 0 Å². The maximum atomic E-state index is 5.51. The summed E-state index contributed by atoms with van der Waals surface area (Å²) in [5.41, 5.74) is 6.47. The summed E-state index contributed by atoms with van der Waals surface area (Å²) in [4.78, 5) is 0. The molecular formula is C17H23NO. The van der Waals surface area contributed by atoms with Gasteiger partial charge in [-0.2, -0.15) is 0 Å². The van der Waals surface area contributed by atoms with Gasteiger partial charge < -0.3 is 10.5 Å². The summed E-state index contributed by atoms with van der Waals surface area (Å²) in [5.74, 6) is 8.17. The third-order valence-electron chi connectivity index (χ3n) is 3.50. The summed E-state index contributed by atoms with van der Waals surface area (Å²) in [5, 5.41) is 0. The molecule has 0 spiro atoms. The monoisotopic (exact) mass is 257 g/mol. The van der Waals surface area contributed by atoms with Crippen molar-refractivity contribution in [2.45, 2.75) is 38.5 Å². The van der Waals surface area contributed by atoms with E-state index in [1.165, 1.54) is 38.5 Å². The summed E-state index contributed by atoms with van der Waals surface area (Å²) < 4.78 is 5.51. The van der Waals surface area contributed by atoms with Crippen LogP contribution in [0.5, 0.6) is 5.75 Å². The second-order valence-electron chi connectivity index (χ2n) is 5.12. The zero-order chi connectivity index (χ0) is 13.3. The van der Waals surface area contributed by atoms with Crippen molar-refractivity contribution >= 4 is 0 Å². The van der Waals surface area contributed by atoms with E-state index in [4.69, 9.17) is 10.5 Å². The maximum Gasteiger partial charge on any atom is 0.120 e. The molecule has 0 radical (unpaired) electrons. The van der Waals surface area contributed by atoms with Gasteiger partial charge in [0.1, 0.15) is 12.4 Å². The fraction of sp³-hybridized carbons (Fsp3) is 0.529.